The van der Waals surface area contributed by atoms with Gasteiger partial charge in [0.2, 0.25) is 5.91 Å². The maximum absolute atomic E-state index is 13.3. The van der Waals surface area contributed by atoms with Crippen molar-refractivity contribution in [2.45, 2.75) is 72.0 Å². The Balaban J connectivity index is 2.19. The Bertz CT molecular complexity index is 970. The first kappa shape index (κ1) is 27.7. The molecule has 6 nitrogen and oxygen atoms in total. The largest absolute Gasteiger partial charge is 0.497 e. The number of methoxy groups -OCH3 is 1. The fourth-order valence-corrected chi connectivity index (χ4v) is 3.78. The number of halogens is 1. The highest BCUT2D eigenvalue weighted by molar-refractivity contribution is 9.10. The molecule has 0 saturated carbocycles. The molecule has 0 aromatic heterocycles. The summed E-state index contributed by atoms with van der Waals surface area (Å²) in [6, 6.07) is 12.7. The number of carbonyl (C=O) groups is 2. The van der Waals surface area contributed by atoms with Gasteiger partial charge < -0.3 is 19.7 Å². The van der Waals surface area contributed by atoms with E-state index in [0.29, 0.717) is 5.75 Å². The topological polar surface area (TPSA) is 67.9 Å². The van der Waals surface area contributed by atoms with Gasteiger partial charge in [0.05, 0.1) is 11.6 Å². The molecule has 0 unspecified atom stereocenters. The van der Waals surface area contributed by atoms with Crippen molar-refractivity contribution in [2.75, 3.05) is 13.7 Å². The fraction of sp³-hybridized carbons (Fsp3) is 0.481. The Labute approximate surface area is 212 Å². The summed E-state index contributed by atoms with van der Waals surface area (Å²) in [5.41, 5.74) is 2.06. The van der Waals surface area contributed by atoms with E-state index in [-0.39, 0.29) is 36.4 Å². The van der Waals surface area contributed by atoms with E-state index in [1.165, 1.54) is 0 Å². The Kier molecular flexibility index (Phi) is 9.98. The number of ether oxygens (including phenoxy) is 2. The van der Waals surface area contributed by atoms with Crippen LogP contribution in [-0.4, -0.2) is 42.5 Å². The van der Waals surface area contributed by atoms with Gasteiger partial charge in [-0.05, 0) is 77.0 Å². The molecule has 0 saturated heterocycles. The van der Waals surface area contributed by atoms with E-state index in [0.717, 1.165) is 27.8 Å². The molecule has 2 amide bonds. The van der Waals surface area contributed by atoms with Gasteiger partial charge in [-0.25, -0.2) is 0 Å². The lowest BCUT2D eigenvalue weighted by Gasteiger charge is -2.29. The van der Waals surface area contributed by atoms with Crippen LogP contribution in [0.2, 0.25) is 0 Å². The van der Waals surface area contributed by atoms with Crippen molar-refractivity contribution in [3.05, 3.63) is 58.1 Å². The van der Waals surface area contributed by atoms with Crippen LogP contribution in [0.15, 0.2) is 46.9 Å². The zero-order valence-electron chi connectivity index (χ0n) is 21.3. The quantitative estimate of drug-likeness (QED) is 0.440. The summed E-state index contributed by atoms with van der Waals surface area (Å²) in [7, 11) is 1.61. The molecule has 2 rings (SSSR count). The second-order valence-electron chi connectivity index (χ2n) is 9.55. The van der Waals surface area contributed by atoms with Crippen molar-refractivity contribution in [1.29, 1.82) is 0 Å². The SMILES string of the molecule is CC[C@@H](C)NC(=O)[C@H](C)N(Cc1ccc(OC)cc1)C(=O)COc1ccc(C(C)(C)C)cc1Br. The van der Waals surface area contributed by atoms with Crippen molar-refractivity contribution < 1.29 is 19.1 Å². The number of nitrogens with one attached hydrogen (secondary N) is 1. The van der Waals surface area contributed by atoms with Gasteiger partial charge in [0.25, 0.3) is 5.91 Å². The highest BCUT2D eigenvalue weighted by Crippen LogP contribution is 2.31. The molecule has 0 fully saturated rings. The summed E-state index contributed by atoms with van der Waals surface area (Å²) in [6.45, 7) is 12.2. The summed E-state index contributed by atoms with van der Waals surface area (Å²) in [6.07, 6.45) is 0.812. The number of nitrogens with zero attached hydrogens (tertiary/aromatic N) is 1. The molecule has 0 spiro atoms. The summed E-state index contributed by atoms with van der Waals surface area (Å²) in [5.74, 6) is 0.861. The first-order valence-corrected chi connectivity index (χ1v) is 12.4. The van der Waals surface area contributed by atoms with E-state index in [1.807, 2.05) is 56.3 Å². The van der Waals surface area contributed by atoms with Crippen LogP contribution in [0.4, 0.5) is 0 Å². The maximum atomic E-state index is 13.3. The number of hydrogen-bond acceptors (Lipinski definition) is 4. The highest BCUT2D eigenvalue weighted by atomic mass is 79.9. The molecule has 0 aliphatic carbocycles. The van der Waals surface area contributed by atoms with Gasteiger partial charge in [-0.3, -0.25) is 9.59 Å². The smallest absolute Gasteiger partial charge is 0.261 e. The van der Waals surface area contributed by atoms with E-state index in [9.17, 15) is 9.59 Å². The van der Waals surface area contributed by atoms with Gasteiger partial charge in [0.1, 0.15) is 17.5 Å². The number of rotatable bonds is 10. The molecular formula is C27H37BrN2O4. The molecule has 34 heavy (non-hydrogen) atoms. The van der Waals surface area contributed by atoms with Crippen LogP contribution >= 0.6 is 15.9 Å². The third-order valence-electron chi connectivity index (χ3n) is 5.83. The average molecular weight is 534 g/mol. The molecule has 0 aliphatic rings. The molecule has 2 aromatic rings. The van der Waals surface area contributed by atoms with Crippen molar-refractivity contribution in [3.63, 3.8) is 0 Å². The number of carbonyl (C=O) groups excluding carboxylic acids is 2. The Morgan fingerprint density at radius 2 is 1.74 bits per heavy atom. The van der Waals surface area contributed by atoms with Crippen LogP contribution in [0.1, 0.15) is 59.1 Å². The van der Waals surface area contributed by atoms with Gasteiger partial charge in [0.15, 0.2) is 6.61 Å². The van der Waals surface area contributed by atoms with Crippen LogP contribution in [0.5, 0.6) is 11.5 Å². The van der Waals surface area contributed by atoms with E-state index in [4.69, 9.17) is 9.47 Å². The Morgan fingerprint density at radius 3 is 2.26 bits per heavy atom. The van der Waals surface area contributed by atoms with Gasteiger partial charge >= 0.3 is 0 Å². The van der Waals surface area contributed by atoms with Gasteiger partial charge in [-0.1, -0.05) is 45.9 Å². The Morgan fingerprint density at radius 1 is 1.09 bits per heavy atom. The van der Waals surface area contributed by atoms with E-state index in [2.05, 4.69) is 42.0 Å². The molecule has 0 bridgehead atoms. The molecule has 0 radical (unpaired) electrons. The standard InChI is InChI=1S/C27H37BrN2O4/c1-8-18(2)29-26(32)19(3)30(16-20-9-12-22(33-7)13-10-20)25(31)17-34-24-14-11-21(15-23(24)28)27(4,5)6/h9-15,18-19H,8,16-17H2,1-7H3,(H,29,32)/t18-,19+/m1/s1. The lowest BCUT2D eigenvalue weighted by molar-refractivity contribution is -0.142. The van der Waals surface area contributed by atoms with Crippen molar-refractivity contribution in [1.82, 2.24) is 10.2 Å². The third kappa shape index (κ3) is 7.76. The van der Waals surface area contributed by atoms with Crippen molar-refractivity contribution >= 4 is 27.7 Å². The van der Waals surface area contributed by atoms with E-state index in [1.54, 1.807) is 18.9 Å². The molecule has 2 aromatic carbocycles. The summed E-state index contributed by atoms with van der Waals surface area (Å²) in [5, 5.41) is 2.97. The van der Waals surface area contributed by atoms with Crippen LogP contribution in [0.3, 0.4) is 0 Å². The normalized spacial score (nSPS) is 13.1. The van der Waals surface area contributed by atoms with Crippen molar-refractivity contribution in [3.8, 4) is 11.5 Å². The molecular weight excluding hydrogens is 496 g/mol. The van der Waals surface area contributed by atoms with E-state index >= 15 is 0 Å². The molecule has 0 heterocycles. The number of amides is 2. The maximum Gasteiger partial charge on any atom is 0.261 e. The minimum absolute atomic E-state index is 0.00442. The minimum atomic E-state index is -0.654. The lowest BCUT2D eigenvalue weighted by atomic mass is 9.87. The molecule has 1 N–H and O–H groups in total. The third-order valence-corrected chi connectivity index (χ3v) is 6.45. The van der Waals surface area contributed by atoms with Crippen molar-refractivity contribution in [2.24, 2.45) is 0 Å². The second kappa shape index (κ2) is 12.2. The number of hydrogen-bond donors (Lipinski definition) is 1. The van der Waals surface area contributed by atoms with Gasteiger partial charge in [-0.15, -0.1) is 0 Å². The predicted molar refractivity (Wildman–Crippen MR) is 139 cm³/mol. The predicted octanol–water partition coefficient (Wildman–Crippen LogP) is 5.47. The van der Waals surface area contributed by atoms with Crippen LogP contribution in [-0.2, 0) is 21.5 Å². The van der Waals surface area contributed by atoms with Crippen LogP contribution in [0.25, 0.3) is 0 Å². The lowest BCUT2D eigenvalue weighted by Crippen LogP contribution is -2.50. The zero-order chi connectivity index (χ0) is 25.5. The highest BCUT2D eigenvalue weighted by Gasteiger charge is 2.27. The minimum Gasteiger partial charge on any atom is -0.497 e. The monoisotopic (exact) mass is 532 g/mol. The van der Waals surface area contributed by atoms with Crippen LogP contribution in [0, 0.1) is 0 Å². The summed E-state index contributed by atoms with van der Waals surface area (Å²) >= 11 is 3.56. The zero-order valence-corrected chi connectivity index (χ0v) is 22.9. The second-order valence-corrected chi connectivity index (χ2v) is 10.4. The first-order chi connectivity index (χ1) is 16.0. The Hall–Kier alpha value is -2.54. The van der Waals surface area contributed by atoms with Gasteiger partial charge in [0, 0.05) is 12.6 Å². The average Bonchev–Trinajstić information content (AvgIpc) is 2.80. The first-order valence-electron chi connectivity index (χ1n) is 11.6. The number of benzene rings is 2. The molecule has 7 heteroatoms. The molecule has 186 valence electrons. The molecule has 0 aliphatic heterocycles. The fourth-order valence-electron chi connectivity index (χ4n) is 3.28. The summed E-state index contributed by atoms with van der Waals surface area (Å²) in [4.78, 5) is 27.7. The van der Waals surface area contributed by atoms with E-state index < -0.39 is 6.04 Å². The summed E-state index contributed by atoms with van der Waals surface area (Å²) < 4.78 is 11.9. The van der Waals surface area contributed by atoms with Gasteiger partial charge in [-0.2, -0.15) is 0 Å². The molecule has 2 atom stereocenters. The van der Waals surface area contributed by atoms with Crippen LogP contribution < -0.4 is 14.8 Å².